The van der Waals surface area contributed by atoms with Gasteiger partial charge in [0.25, 0.3) is 0 Å². The van der Waals surface area contributed by atoms with Gasteiger partial charge in [-0.1, -0.05) is 338 Å². The first kappa shape index (κ1) is 80.1. The van der Waals surface area contributed by atoms with E-state index in [0.29, 0.717) is 9.79 Å². The quantitative estimate of drug-likeness (QED) is 0.0385. The summed E-state index contributed by atoms with van der Waals surface area (Å²) in [4.78, 5) is 0.694. The second-order valence-electron chi connectivity index (χ2n) is 36.4. The van der Waals surface area contributed by atoms with Crippen molar-refractivity contribution < 1.29 is 8.42 Å². The number of aryl methyl sites for hydroxylation is 4. The van der Waals surface area contributed by atoms with Crippen LogP contribution >= 0.6 is 0 Å². The Morgan fingerprint density at radius 2 is 0.488 bits per heavy atom. The monoisotopic (exact) mass is 1620 g/mol. The van der Waals surface area contributed by atoms with Crippen molar-refractivity contribution in [1.29, 1.82) is 0 Å². The minimum Gasteiger partial charge on any atom is -0.309 e. The lowest BCUT2D eigenvalue weighted by Crippen LogP contribution is -2.36. The van der Waals surface area contributed by atoms with Crippen LogP contribution in [-0.2, 0) is 46.4 Å². The summed E-state index contributed by atoms with van der Waals surface area (Å²) < 4.78 is 37.3. The summed E-state index contributed by atoms with van der Waals surface area (Å²) in [7, 11) is -4.07. The maximum absolute atomic E-state index is 16.0. The van der Waals surface area contributed by atoms with Crippen molar-refractivity contribution in [3.05, 3.63) is 358 Å². The molecule has 0 radical (unpaired) electrons. The van der Waals surface area contributed by atoms with Crippen LogP contribution in [0.3, 0.4) is 0 Å². The summed E-state index contributed by atoms with van der Waals surface area (Å²) >= 11 is 0. The molecule has 2 aromatic heterocycles. The Morgan fingerprint density at radius 1 is 0.220 bits per heavy atom. The molecule has 5 heteroatoms. The van der Waals surface area contributed by atoms with Gasteiger partial charge in [0.15, 0.2) is 0 Å². The van der Waals surface area contributed by atoms with Gasteiger partial charge >= 0.3 is 0 Å². The molecule has 3 heterocycles. The molecule has 16 aromatic rings. The lowest BCUT2D eigenvalue weighted by atomic mass is 9.66. The van der Waals surface area contributed by atoms with Gasteiger partial charge in [0.1, 0.15) is 0 Å². The SMILES string of the molecule is CCCCCCCCc1ccc2c(c1)c1cc(CCCCCCCC)ccc1n2-c1ccc2c(c1)C1(c3cc(-c4ccccc4)ccc3-c3ccc(-c4ccc5c(c4)C4(c6ccccc6-c6ccccc64)c4cc(-c6ccccc6)ccc4S5(=O)=O)cc31)c1cc(-n3c4ccc(CCCCCCCC)cc4c4cc(CCCCCCCC)ccc43)ccc1-2. The molecule has 0 N–H and O–H groups in total. The summed E-state index contributed by atoms with van der Waals surface area (Å²) in [5.74, 6) is 0. The topological polar surface area (TPSA) is 44.0 Å². The molecule has 14 aromatic carbocycles. The molecule has 0 bridgehead atoms. The molecule has 1 aliphatic heterocycles. The summed E-state index contributed by atoms with van der Waals surface area (Å²) in [5.41, 5.74) is 33.2. The third-order valence-corrected chi connectivity index (χ3v) is 30.5. The first-order chi connectivity index (χ1) is 60.6. The van der Waals surface area contributed by atoms with E-state index in [1.807, 2.05) is 24.3 Å². The van der Waals surface area contributed by atoms with Crippen LogP contribution in [0.4, 0.5) is 0 Å². The average Bonchev–Trinajstić information content (AvgIpc) is 1.50. The van der Waals surface area contributed by atoms with Gasteiger partial charge in [0, 0.05) is 32.9 Å². The van der Waals surface area contributed by atoms with Crippen molar-refractivity contribution in [2.45, 2.75) is 228 Å². The Labute approximate surface area is 730 Å². The van der Waals surface area contributed by atoms with Crippen molar-refractivity contribution >= 4 is 53.4 Å². The lowest BCUT2D eigenvalue weighted by molar-refractivity contribution is 0.580. The Balaban J connectivity index is 0.819. The van der Waals surface area contributed by atoms with E-state index >= 15 is 8.42 Å². The van der Waals surface area contributed by atoms with Crippen LogP contribution in [0.25, 0.3) is 122 Å². The van der Waals surface area contributed by atoms with Crippen molar-refractivity contribution in [1.82, 2.24) is 9.13 Å². The molecule has 20 rings (SSSR count). The summed E-state index contributed by atoms with van der Waals surface area (Å²) in [6, 6.07) is 111. The number of hydrogen-bond acceptors (Lipinski definition) is 2. The maximum Gasteiger partial charge on any atom is 0.207 e. The van der Waals surface area contributed by atoms with Crippen LogP contribution in [0.15, 0.2) is 301 Å². The van der Waals surface area contributed by atoms with Gasteiger partial charge in [0.2, 0.25) is 9.84 Å². The molecule has 0 unspecified atom stereocenters. The van der Waals surface area contributed by atoms with Crippen molar-refractivity contribution in [2.24, 2.45) is 0 Å². The highest BCUT2D eigenvalue weighted by atomic mass is 32.2. The smallest absolute Gasteiger partial charge is 0.207 e. The molecular weight excluding hydrogens is 1510 g/mol. The first-order valence-electron chi connectivity index (χ1n) is 47.2. The number of nitrogens with zero attached hydrogens (tertiary/aromatic N) is 2. The zero-order valence-electron chi connectivity index (χ0n) is 72.6. The van der Waals surface area contributed by atoms with Gasteiger partial charge < -0.3 is 9.13 Å². The molecular formula is C118H116N2O2S. The lowest BCUT2D eigenvalue weighted by Gasteiger charge is -2.40. The molecule has 0 saturated carbocycles. The van der Waals surface area contributed by atoms with Crippen LogP contribution in [-0.4, -0.2) is 17.6 Å². The van der Waals surface area contributed by atoms with Crippen molar-refractivity contribution in [2.75, 3.05) is 0 Å². The fraction of sp³-hybridized carbons (Fsp3) is 0.288. The summed E-state index contributed by atoms with van der Waals surface area (Å²) in [6.07, 6.45) is 34.9. The highest BCUT2D eigenvalue weighted by Crippen LogP contribution is 2.66. The Morgan fingerprint density at radius 3 is 0.837 bits per heavy atom. The number of unbranched alkanes of at least 4 members (excludes halogenated alkanes) is 20. The largest absolute Gasteiger partial charge is 0.309 e. The molecule has 0 atom stereocenters. The van der Waals surface area contributed by atoms with E-state index in [4.69, 9.17) is 0 Å². The zero-order chi connectivity index (χ0) is 83.2. The standard InChI is InChI=1S/C118H116N2O2S/c1-5-9-13-17-21-27-39-81-51-65-111-99(71-81)100-72-82(40-28-22-18-14-10-6-2)52-66-112(100)119(111)91-59-63-97-98-64-60-92(120-113-67-53-83(41-29-23-19-15-11-7-3)73-101(113)102-74-84(54-68-114(102)120)42-30-24-20-16-12-8-4)80-108(98)118(107(97)79-91)105-75-87(85-43-31-25-32-44-85)55-61-95(105)96-62-56-89(76-106(96)118)90-58-70-116-110(78-90)117(103-49-37-35-47-93(103)94-48-36-38-50-104(94)117)109-77-88(86-45-33-26-34-46-86)57-69-115(109)123(116,121)122/h25-26,31-38,43-80H,5-24,27-30,39-42H2,1-4H3. The first-order valence-corrected chi connectivity index (χ1v) is 48.7. The number of aromatic nitrogens is 2. The molecule has 0 fully saturated rings. The molecule has 4 nitrogen and oxygen atoms in total. The fourth-order valence-corrected chi connectivity index (χ4v) is 24.2. The molecule has 4 aliphatic rings. The highest BCUT2D eigenvalue weighted by molar-refractivity contribution is 7.91. The van der Waals surface area contributed by atoms with Crippen molar-refractivity contribution in [3.8, 4) is 78.1 Å². The Hall–Kier alpha value is -11.4. The van der Waals surface area contributed by atoms with E-state index in [1.54, 1.807) is 0 Å². The summed E-state index contributed by atoms with van der Waals surface area (Å²) in [6.45, 7) is 9.25. The zero-order valence-corrected chi connectivity index (χ0v) is 73.4. The van der Waals surface area contributed by atoms with E-state index in [1.165, 1.54) is 276 Å². The highest BCUT2D eigenvalue weighted by Gasteiger charge is 2.55. The predicted octanol–water partition coefficient (Wildman–Crippen LogP) is 32.3. The Kier molecular flexibility index (Phi) is 22.4. The van der Waals surface area contributed by atoms with Gasteiger partial charge in [-0.25, -0.2) is 8.42 Å². The molecule has 123 heavy (non-hydrogen) atoms. The normalized spacial score (nSPS) is 13.9. The van der Waals surface area contributed by atoms with Gasteiger partial charge in [-0.2, -0.15) is 0 Å². The third kappa shape index (κ3) is 14.1. The fourth-order valence-electron chi connectivity index (χ4n) is 22.5. The number of sulfone groups is 1. The van der Waals surface area contributed by atoms with Gasteiger partial charge in [0.05, 0.1) is 42.7 Å². The van der Waals surface area contributed by atoms with Crippen LogP contribution in [0.5, 0.6) is 0 Å². The predicted molar refractivity (Wildman–Crippen MR) is 519 cm³/mol. The van der Waals surface area contributed by atoms with Gasteiger partial charge in [-0.05, 0) is 294 Å². The average molecular weight is 1630 g/mol. The molecule has 0 amide bonds. The van der Waals surface area contributed by atoms with Crippen molar-refractivity contribution in [3.63, 3.8) is 0 Å². The second-order valence-corrected chi connectivity index (χ2v) is 38.3. The van der Waals surface area contributed by atoms with Crippen LogP contribution < -0.4 is 0 Å². The molecule has 0 saturated heterocycles. The number of fused-ring (bicyclic) bond motifs is 25. The number of benzene rings is 14. The Bertz CT molecular complexity index is 6390. The van der Waals surface area contributed by atoms with Crippen LogP contribution in [0, 0.1) is 0 Å². The maximum atomic E-state index is 16.0. The van der Waals surface area contributed by atoms with E-state index in [2.05, 4.69) is 304 Å². The van der Waals surface area contributed by atoms with Crippen LogP contribution in [0.1, 0.15) is 249 Å². The molecule has 2 spiro atoms. The van der Waals surface area contributed by atoms with Gasteiger partial charge in [-0.3, -0.25) is 0 Å². The van der Waals surface area contributed by atoms with E-state index < -0.39 is 20.7 Å². The third-order valence-electron chi connectivity index (χ3n) is 28.7. The van der Waals surface area contributed by atoms with E-state index in [9.17, 15) is 0 Å². The minimum atomic E-state index is -4.07. The van der Waals surface area contributed by atoms with E-state index in [0.717, 1.165) is 92.7 Å². The number of hydrogen-bond donors (Lipinski definition) is 0. The molecule has 616 valence electrons. The molecule has 3 aliphatic carbocycles. The van der Waals surface area contributed by atoms with Gasteiger partial charge in [-0.15, -0.1) is 0 Å². The second kappa shape index (κ2) is 34.4. The van der Waals surface area contributed by atoms with Crippen LogP contribution in [0.2, 0.25) is 0 Å². The van der Waals surface area contributed by atoms with E-state index in [-0.39, 0.29) is 0 Å². The minimum absolute atomic E-state index is 0.344. The summed E-state index contributed by atoms with van der Waals surface area (Å²) in [5, 5.41) is 5.31. The number of rotatable bonds is 33.